The second-order valence-corrected chi connectivity index (χ2v) is 5.46. The van der Waals surface area contributed by atoms with Gasteiger partial charge in [-0.2, -0.15) is 0 Å². The van der Waals surface area contributed by atoms with E-state index in [1.165, 1.54) is 5.56 Å². The Morgan fingerprint density at radius 3 is 2.85 bits per heavy atom. The number of anilines is 1. The van der Waals surface area contributed by atoms with Crippen LogP contribution in [0.1, 0.15) is 51.2 Å². The van der Waals surface area contributed by atoms with E-state index in [9.17, 15) is 4.79 Å². The van der Waals surface area contributed by atoms with E-state index < -0.39 is 0 Å². The predicted octanol–water partition coefficient (Wildman–Crippen LogP) is 2.98. The summed E-state index contributed by atoms with van der Waals surface area (Å²) in [6.45, 7) is 8.31. The Balaban J connectivity index is 2.32. The second kappa shape index (κ2) is 6.84. The number of aryl methyl sites for hydroxylation is 1. The number of fused-ring (bicyclic) bond motifs is 1. The molecule has 1 unspecified atom stereocenters. The molecule has 4 nitrogen and oxygen atoms in total. The van der Waals surface area contributed by atoms with Crippen LogP contribution in [0.15, 0.2) is 12.3 Å². The second-order valence-electron chi connectivity index (χ2n) is 5.46. The highest BCUT2D eigenvalue weighted by Gasteiger charge is 2.24. The fraction of sp³-hybridized carbons (Fsp3) is 0.625. The number of hydrogen-bond donors (Lipinski definition) is 1. The lowest BCUT2D eigenvalue weighted by molar-refractivity contribution is -0.117. The molecule has 1 aromatic heterocycles. The van der Waals surface area contributed by atoms with Crippen LogP contribution in [-0.2, 0) is 17.8 Å². The Labute approximate surface area is 121 Å². The molecule has 110 valence electrons. The van der Waals surface area contributed by atoms with Gasteiger partial charge in [0.2, 0.25) is 5.91 Å². The lowest BCUT2D eigenvalue weighted by Crippen LogP contribution is -2.39. The molecule has 1 N–H and O–H groups in total. The number of amides is 1. The first-order chi connectivity index (χ1) is 9.67. The SMILES string of the molecule is CCCC1CC(=O)Nc2ncc(CC)cc2CN1CC. The Bertz CT molecular complexity index is 473. The van der Waals surface area contributed by atoms with Crippen LogP contribution < -0.4 is 5.32 Å². The molecular weight excluding hydrogens is 250 g/mol. The zero-order valence-corrected chi connectivity index (χ0v) is 12.8. The maximum Gasteiger partial charge on any atom is 0.227 e. The highest BCUT2D eigenvalue weighted by Crippen LogP contribution is 2.24. The van der Waals surface area contributed by atoms with Gasteiger partial charge in [0.05, 0.1) is 0 Å². The lowest BCUT2D eigenvalue weighted by atomic mass is 10.0. The maximum atomic E-state index is 12.1. The largest absolute Gasteiger partial charge is 0.310 e. The number of carbonyl (C=O) groups is 1. The Hall–Kier alpha value is -1.42. The van der Waals surface area contributed by atoms with Crippen LogP contribution in [0, 0.1) is 0 Å². The van der Waals surface area contributed by atoms with Crippen molar-refractivity contribution in [3.05, 3.63) is 23.4 Å². The van der Waals surface area contributed by atoms with Crippen molar-refractivity contribution in [2.75, 3.05) is 11.9 Å². The van der Waals surface area contributed by atoms with Crippen molar-refractivity contribution in [2.24, 2.45) is 0 Å². The summed E-state index contributed by atoms with van der Waals surface area (Å²) in [5, 5.41) is 2.97. The van der Waals surface area contributed by atoms with Crippen LogP contribution >= 0.6 is 0 Å². The van der Waals surface area contributed by atoms with Crippen LogP contribution in [0.5, 0.6) is 0 Å². The van der Waals surface area contributed by atoms with Gasteiger partial charge in [-0.3, -0.25) is 9.69 Å². The van der Waals surface area contributed by atoms with Crippen LogP contribution in [0.4, 0.5) is 5.82 Å². The summed E-state index contributed by atoms with van der Waals surface area (Å²) in [7, 11) is 0. The third kappa shape index (κ3) is 3.37. The molecule has 0 bridgehead atoms. The van der Waals surface area contributed by atoms with Crippen molar-refractivity contribution in [3.8, 4) is 0 Å². The quantitative estimate of drug-likeness (QED) is 0.919. The molecular formula is C16H25N3O. The van der Waals surface area contributed by atoms with E-state index in [1.54, 1.807) is 0 Å². The first kappa shape index (κ1) is 15.0. The monoisotopic (exact) mass is 275 g/mol. The molecule has 1 atom stereocenters. The molecule has 2 heterocycles. The Morgan fingerprint density at radius 1 is 1.40 bits per heavy atom. The molecule has 0 aliphatic carbocycles. The van der Waals surface area contributed by atoms with Crippen molar-refractivity contribution in [1.29, 1.82) is 0 Å². The van der Waals surface area contributed by atoms with Crippen molar-refractivity contribution in [1.82, 2.24) is 9.88 Å². The van der Waals surface area contributed by atoms with Gasteiger partial charge in [0, 0.05) is 30.8 Å². The van der Waals surface area contributed by atoms with Gasteiger partial charge in [0.15, 0.2) is 0 Å². The number of aromatic nitrogens is 1. The minimum absolute atomic E-state index is 0.0830. The molecule has 0 saturated heterocycles. The maximum absolute atomic E-state index is 12.1. The standard InChI is InChI=1S/C16H25N3O/c1-4-7-14-9-15(20)18-16-13(11-19(14)6-3)8-12(5-2)10-17-16/h8,10,14H,4-7,9,11H2,1-3H3,(H,17,18,20). The minimum atomic E-state index is 0.0830. The average Bonchev–Trinajstić information content (AvgIpc) is 2.44. The van der Waals surface area contributed by atoms with Crippen LogP contribution in [-0.4, -0.2) is 28.4 Å². The summed E-state index contributed by atoms with van der Waals surface area (Å²) < 4.78 is 0. The van der Waals surface area contributed by atoms with Crippen LogP contribution in [0.3, 0.4) is 0 Å². The van der Waals surface area contributed by atoms with Gasteiger partial charge < -0.3 is 5.32 Å². The molecule has 0 spiro atoms. The van der Waals surface area contributed by atoms with Crippen LogP contribution in [0.25, 0.3) is 0 Å². The average molecular weight is 275 g/mol. The van der Waals surface area contributed by atoms with E-state index >= 15 is 0 Å². The third-order valence-corrected chi connectivity index (χ3v) is 4.03. The van der Waals surface area contributed by atoms with Crippen molar-refractivity contribution in [2.45, 2.75) is 59.0 Å². The molecule has 1 aromatic rings. The van der Waals surface area contributed by atoms with Gasteiger partial charge in [0.1, 0.15) is 5.82 Å². The molecule has 0 radical (unpaired) electrons. The van der Waals surface area contributed by atoms with Gasteiger partial charge in [-0.1, -0.05) is 27.2 Å². The molecule has 2 rings (SSSR count). The first-order valence-electron chi connectivity index (χ1n) is 7.69. The molecule has 20 heavy (non-hydrogen) atoms. The van der Waals surface area contributed by atoms with E-state index in [0.717, 1.165) is 43.7 Å². The van der Waals surface area contributed by atoms with Gasteiger partial charge in [0.25, 0.3) is 0 Å². The van der Waals surface area contributed by atoms with Gasteiger partial charge in [-0.25, -0.2) is 4.98 Å². The van der Waals surface area contributed by atoms with Gasteiger partial charge >= 0.3 is 0 Å². The van der Waals surface area contributed by atoms with Crippen LogP contribution in [0.2, 0.25) is 0 Å². The van der Waals surface area contributed by atoms with Crippen molar-refractivity contribution >= 4 is 11.7 Å². The van der Waals surface area contributed by atoms with E-state index in [1.807, 2.05) is 6.20 Å². The number of carbonyl (C=O) groups excluding carboxylic acids is 1. The number of nitrogens with one attached hydrogen (secondary N) is 1. The summed E-state index contributed by atoms with van der Waals surface area (Å²) in [5.41, 5.74) is 2.36. The molecule has 1 aliphatic rings. The lowest BCUT2D eigenvalue weighted by Gasteiger charge is -2.33. The fourth-order valence-electron chi connectivity index (χ4n) is 2.85. The Kier molecular flexibility index (Phi) is 5.12. The van der Waals surface area contributed by atoms with E-state index in [4.69, 9.17) is 0 Å². The number of hydrogen-bond acceptors (Lipinski definition) is 3. The molecule has 1 amide bonds. The van der Waals surface area contributed by atoms with E-state index in [-0.39, 0.29) is 5.91 Å². The predicted molar refractivity (Wildman–Crippen MR) is 81.6 cm³/mol. The highest BCUT2D eigenvalue weighted by molar-refractivity contribution is 5.91. The zero-order valence-electron chi connectivity index (χ0n) is 12.8. The molecule has 4 heteroatoms. The number of pyridine rings is 1. The van der Waals surface area contributed by atoms with Crippen molar-refractivity contribution < 1.29 is 4.79 Å². The Morgan fingerprint density at radius 2 is 2.20 bits per heavy atom. The molecule has 0 saturated carbocycles. The topological polar surface area (TPSA) is 45.2 Å². The zero-order chi connectivity index (χ0) is 14.5. The molecule has 1 aliphatic heterocycles. The summed E-state index contributed by atoms with van der Waals surface area (Å²) >= 11 is 0. The summed E-state index contributed by atoms with van der Waals surface area (Å²) in [5.74, 6) is 0.820. The summed E-state index contributed by atoms with van der Waals surface area (Å²) in [6.07, 6.45) is 5.57. The van der Waals surface area contributed by atoms with E-state index in [0.29, 0.717) is 12.5 Å². The summed E-state index contributed by atoms with van der Waals surface area (Å²) in [4.78, 5) is 19.0. The number of nitrogens with zero attached hydrogens (tertiary/aromatic N) is 2. The van der Waals surface area contributed by atoms with Gasteiger partial charge in [-0.05, 0) is 31.0 Å². The third-order valence-electron chi connectivity index (χ3n) is 4.03. The normalized spacial score (nSPS) is 19.9. The molecule has 0 aromatic carbocycles. The molecule has 0 fully saturated rings. The van der Waals surface area contributed by atoms with Gasteiger partial charge in [-0.15, -0.1) is 0 Å². The summed E-state index contributed by atoms with van der Waals surface area (Å²) in [6, 6.07) is 2.52. The number of rotatable bonds is 4. The van der Waals surface area contributed by atoms with E-state index in [2.05, 4.69) is 42.0 Å². The fourth-order valence-corrected chi connectivity index (χ4v) is 2.85. The highest BCUT2D eigenvalue weighted by atomic mass is 16.1. The smallest absolute Gasteiger partial charge is 0.227 e. The van der Waals surface area contributed by atoms with Crippen molar-refractivity contribution in [3.63, 3.8) is 0 Å². The first-order valence-corrected chi connectivity index (χ1v) is 7.69. The minimum Gasteiger partial charge on any atom is -0.310 e.